The van der Waals surface area contributed by atoms with Gasteiger partial charge in [0.1, 0.15) is 0 Å². The highest BCUT2D eigenvalue weighted by Crippen LogP contribution is 2.41. The van der Waals surface area contributed by atoms with Crippen molar-refractivity contribution in [3.63, 3.8) is 0 Å². The standard InChI is InChI=1S/C11H17N3O2S/c12-9(17)11(4-1-5-11)10(16)14-7-2-3-8(15)13-6-7/h7H,1-6H2,(H2,12,17)(H,13,15)(H,14,16). The second kappa shape index (κ2) is 4.60. The van der Waals surface area contributed by atoms with E-state index < -0.39 is 5.41 Å². The van der Waals surface area contributed by atoms with E-state index in [0.717, 1.165) is 19.3 Å². The monoisotopic (exact) mass is 255 g/mol. The van der Waals surface area contributed by atoms with Gasteiger partial charge in [-0.1, -0.05) is 18.6 Å². The third-order valence-corrected chi connectivity index (χ3v) is 4.10. The number of carbonyl (C=O) groups excluding carboxylic acids is 2. The number of nitrogens with two attached hydrogens (primary N) is 1. The van der Waals surface area contributed by atoms with E-state index in [0.29, 0.717) is 24.4 Å². The van der Waals surface area contributed by atoms with Crippen LogP contribution in [0.25, 0.3) is 0 Å². The average Bonchev–Trinajstić information content (AvgIpc) is 2.19. The molecular formula is C11H17N3O2S. The summed E-state index contributed by atoms with van der Waals surface area (Å²) >= 11 is 4.99. The lowest BCUT2D eigenvalue weighted by atomic mass is 9.68. The highest BCUT2D eigenvalue weighted by atomic mass is 32.1. The van der Waals surface area contributed by atoms with Gasteiger partial charge in [-0.25, -0.2) is 0 Å². The van der Waals surface area contributed by atoms with Crippen molar-refractivity contribution < 1.29 is 9.59 Å². The van der Waals surface area contributed by atoms with E-state index in [9.17, 15) is 9.59 Å². The molecule has 1 heterocycles. The molecule has 5 nitrogen and oxygen atoms in total. The van der Waals surface area contributed by atoms with Gasteiger partial charge in [0.05, 0.1) is 10.4 Å². The Hall–Kier alpha value is -1.17. The Morgan fingerprint density at radius 2 is 2.24 bits per heavy atom. The lowest BCUT2D eigenvalue weighted by Gasteiger charge is -2.40. The van der Waals surface area contributed by atoms with E-state index in [4.69, 9.17) is 18.0 Å². The summed E-state index contributed by atoms with van der Waals surface area (Å²) in [4.78, 5) is 23.4. The van der Waals surface area contributed by atoms with Crippen LogP contribution in [0.5, 0.6) is 0 Å². The number of piperidine rings is 1. The van der Waals surface area contributed by atoms with Crippen LogP contribution in [0, 0.1) is 5.41 Å². The van der Waals surface area contributed by atoms with Crippen LogP contribution in [0.2, 0.25) is 0 Å². The minimum absolute atomic E-state index is 0.00650. The van der Waals surface area contributed by atoms with Crippen molar-refractivity contribution >= 4 is 29.0 Å². The van der Waals surface area contributed by atoms with Crippen LogP contribution in [0.15, 0.2) is 0 Å². The molecular weight excluding hydrogens is 238 g/mol. The SMILES string of the molecule is NC(=S)C1(C(=O)NC2CCC(=O)NC2)CCC1. The molecule has 2 rings (SSSR count). The lowest BCUT2D eigenvalue weighted by molar-refractivity contribution is -0.132. The zero-order valence-electron chi connectivity index (χ0n) is 9.62. The summed E-state index contributed by atoms with van der Waals surface area (Å²) in [6.45, 7) is 0.498. The maximum absolute atomic E-state index is 12.1. The molecule has 6 heteroatoms. The Kier molecular flexibility index (Phi) is 3.33. The molecule has 0 aromatic carbocycles. The third-order valence-electron chi connectivity index (χ3n) is 3.71. The first kappa shape index (κ1) is 12.3. The van der Waals surface area contributed by atoms with E-state index in [-0.39, 0.29) is 17.9 Å². The minimum Gasteiger partial charge on any atom is -0.392 e. The second-order valence-electron chi connectivity index (χ2n) is 4.81. The Morgan fingerprint density at radius 3 is 2.65 bits per heavy atom. The van der Waals surface area contributed by atoms with Gasteiger partial charge in [-0.3, -0.25) is 9.59 Å². The molecule has 2 amide bonds. The molecule has 1 atom stereocenters. The van der Waals surface area contributed by atoms with Gasteiger partial charge in [0.25, 0.3) is 0 Å². The molecule has 1 aliphatic heterocycles. The van der Waals surface area contributed by atoms with E-state index in [2.05, 4.69) is 10.6 Å². The van der Waals surface area contributed by atoms with E-state index in [1.54, 1.807) is 0 Å². The van der Waals surface area contributed by atoms with Gasteiger partial charge in [0.15, 0.2) is 0 Å². The highest BCUT2D eigenvalue weighted by molar-refractivity contribution is 7.80. The van der Waals surface area contributed by atoms with Crippen LogP contribution >= 0.6 is 12.2 Å². The van der Waals surface area contributed by atoms with E-state index >= 15 is 0 Å². The van der Waals surface area contributed by atoms with Crippen LogP contribution < -0.4 is 16.4 Å². The fraction of sp³-hybridized carbons (Fsp3) is 0.727. The summed E-state index contributed by atoms with van der Waals surface area (Å²) < 4.78 is 0. The van der Waals surface area contributed by atoms with Crippen LogP contribution in [0.3, 0.4) is 0 Å². The number of hydrogen-bond donors (Lipinski definition) is 3. The quantitative estimate of drug-likeness (QED) is 0.612. The van der Waals surface area contributed by atoms with Gasteiger partial charge in [0.2, 0.25) is 11.8 Å². The highest BCUT2D eigenvalue weighted by Gasteiger charge is 2.47. The summed E-state index contributed by atoms with van der Waals surface area (Å²) in [6.07, 6.45) is 3.63. The Balaban J connectivity index is 1.92. The molecule has 0 aromatic rings. The molecule has 4 N–H and O–H groups in total. The Morgan fingerprint density at radius 1 is 1.53 bits per heavy atom. The topological polar surface area (TPSA) is 84.2 Å². The molecule has 2 fully saturated rings. The molecule has 2 aliphatic rings. The normalized spacial score (nSPS) is 26.6. The summed E-state index contributed by atoms with van der Waals surface area (Å²) in [7, 11) is 0. The largest absolute Gasteiger partial charge is 0.392 e. The van der Waals surface area contributed by atoms with Gasteiger partial charge < -0.3 is 16.4 Å². The first-order valence-corrected chi connectivity index (χ1v) is 6.33. The molecule has 94 valence electrons. The van der Waals surface area contributed by atoms with Crippen molar-refractivity contribution in [2.24, 2.45) is 11.1 Å². The molecule has 1 aliphatic carbocycles. The fourth-order valence-electron chi connectivity index (χ4n) is 2.30. The van der Waals surface area contributed by atoms with Crippen molar-refractivity contribution in [2.75, 3.05) is 6.54 Å². The van der Waals surface area contributed by atoms with E-state index in [1.165, 1.54) is 0 Å². The Labute approximate surface area is 105 Å². The number of nitrogens with one attached hydrogen (secondary N) is 2. The number of rotatable bonds is 3. The summed E-state index contributed by atoms with van der Waals surface area (Å²) in [5.41, 5.74) is 5.03. The fourth-order valence-corrected chi connectivity index (χ4v) is 2.59. The number of carbonyl (C=O) groups is 2. The van der Waals surface area contributed by atoms with Gasteiger partial charge >= 0.3 is 0 Å². The van der Waals surface area contributed by atoms with E-state index in [1.807, 2.05) is 0 Å². The molecule has 17 heavy (non-hydrogen) atoms. The third kappa shape index (κ3) is 2.26. The molecule has 0 radical (unpaired) electrons. The summed E-state index contributed by atoms with van der Waals surface area (Å²) in [5, 5.41) is 5.68. The maximum atomic E-state index is 12.1. The first-order chi connectivity index (χ1) is 8.04. The van der Waals surface area contributed by atoms with Gasteiger partial charge in [-0.05, 0) is 19.3 Å². The molecule has 0 spiro atoms. The smallest absolute Gasteiger partial charge is 0.233 e. The molecule has 1 saturated heterocycles. The van der Waals surface area contributed by atoms with Gasteiger partial charge in [0, 0.05) is 19.0 Å². The molecule has 1 unspecified atom stereocenters. The van der Waals surface area contributed by atoms with Crippen molar-refractivity contribution in [2.45, 2.75) is 38.1 Å². The average molecular weight is 255 g/mol. The lowest BCUT2D eigenvalue weighted by Crippen LogP contribution is -2.57. The first-order valence-electron chi connectivity index (χ1n) is 5.92. The number of thiocarbonyl (C=S) groups is 1. The van der Waals surface area contributed by atoms with Crippen LogP contribution in [0.1, 0.15) is 32.1 Å². The van der Waals surface area contributed by atoms with Crippen molar-refractivity contribution in [3.8, 4) is 0 Å². The zero-order chi connectivity index (χ0) is 12.5. The van der Waals surface area contributed by atoms with Crippen LogP contribution in [-0.2, 0) is 9.59 Å². The number of amides is 2. The maximum Gasteiger partial charge on any atom is 0.233 e. The van der Waals surface area contributed by atoms with Crippen molar-refractivity contribution in [1.29, 1.82) is 0 Å². The minimum atomic E-state index is -0.628. The predicted molar refractivity (Wildman–Crippen MR) is 67.2 cm³/mol. The second-order valence-corrected chi connectivity index (χ2v) is 5.25. The van der Waals surface area contributed by atoms with Crippen LogP contribution in [0.4, 0.5) is 0 Å². The van der Waals surface area contributed by atoms with Crippen molar-refractivity contribution in [3.05, 3.63) is 0 Å². The van der Waals surface area contributed by atoms with Gasteiger partial charge in [-0.2, -0.15) is 0 Å². The van der Waals surface area contributed by atoms with Crippen LogP contribution in [-0.4, -0.2) is 29.4 Å². The molecule has 1 saturated carbocycles. The molecule has 0 aromatic heterocycles. The zero-order valence-corrected chi connectivity index (χ0v) is 10.4. The Bertz CT molecular complexity index is 356. The van der Waals surface area contributed by atoms with Crippen molar-refractivity contribution in [1.82, 2.24) is 10.6 Å². The summed E-state index contributed by atoms with van der Waals surface area (Å²) in [5.74, 6) is -0.0272. The predicted octanol–water partition coefficient (Wildman–Crippen LogP) is -0.162. The van der Waals surface area contributed by atoms with Gasteiger partial charge in [-0.15, -0.1) is 0 Å². The molecule has 0 bridgehead atoms. The summed E-state index contributed by atoms with van der Waals surface area (Å²) in [6, 6.07) is 0.00650. The number of hydrogen-bond acceptors (Lipinski definition) is 3.